The zero-order valence-corrected chi connectivity index (χ0v) is 14.4. The summed E-state index contributed by atoms with van der Waals surface area (Å²) < 4.78 is 4.68. The Morgan fingerprint density at radius 1 is 1.36 bits per heavy atom. The highest BCUT2D eigenvalue weighted by Gasteiger charge is 2.43. The summed E-state index contributed by atoms with van der Waals surface area (Å²) in [5.41, 5.74) is 0. The molecule has 0 spiro atoms. The van der Waals surface area contributed by atoms with E-state index in [1.54, 1.807) is 4.90 Å². The number of piperazine rings is 1. The van der Waals surface area contributed by atoms with Gasteiger partial charge in [0.25, 0.3) is 0 Å². The molecule has 0 aromatic heterocycles. The van der Waals surface area contributed by atoms with E-state index in [0.717, 1.165) is 0 Å². The molecule has 2 heterocycles. The SMILES string of the molecule is CC(C)C[C@H]1NC(=O)[C@@H]2C[C@@H](NC(=O)COCC(=O)[O-])CCN2C1=O. The molecule has 140 valence electrons. The monoisotopic (exact) mass is 354 g/mol. The Bertz CT molecular complexity index is 550. The standard InChI is InChI=1S/C16H25N3O6/c1-9(2)5-11-16(24)19-4-3-10(6-12(19)15(23)18-11)17-13(20)7-25-8-14(21)22/h9-12H,3-8H2,1-2H3,(H,17,20)(H,18,23)(H,21,22)/p-1/t10-,11+,12-/m0/s1. The molecule has 9 heteroatoms. The van der Waals surface area contributed by atoms with Crippen LogP contribution in [0.1, 0.15) is 33.1 Å². The number of carboxylic acids is 1. The third-order valence-electron chi connectivity index (χ3n) is 4.33. The molecule has 2 fully saturated rings. The lowest BCUT2D eigenvalue weighted by Gasteiger charge is -2.44. The van der Waals surface area contributed by atoms with Crippen molar-refractivity contribution < 1.29 is 29.0 Å². The summed E-state index contributed by atoms with van der Waals surface area (Å²) in [5.74, 6) is -1.82. The van der Waals surface area contributed by atoms with Crippen molar-refractivity contribution in [3.63, 3.8) is 0 Å². The first kappa shape index (κ1) is 19.2. The van der Waals surface area contributed by atoms with Crippen LogP contribution in [0.5, 0.6) is 0 Å². The summed E-state index contributed by atoms with van der Waals surface area (Å²) in [6.45, 7) is 3.35. The predicted octanol–water partition coefficient (Wildman–Crippen LogP) is -2.23. The average molecular weight is 354 g/mol. The molecule has 0 unspecified atom stereocenters. The number of amides is 3. The fourth-order valence-corrected chi connectivity index (χ4v) is 3.27. The highest BCUT2D eigenvalue weighted by molar-refractivity contribution is 5.97. The van der Waals surface area contributed by atoms with Crippen molar-refractivity contribution in [3.8, 4) is 0 Å². The molecular formula is C16H24N3O6-. The predicted molar refractivity (Wildman–Crippen MR) is 83.9 cm³/mol. The number of nitrogens with zero attached hydrogens (tertiary/aromatic N) is 1. The average Bonchev–Trinajstić information content (AvgIpc) is 2.51. The molecule has 0 aromatic rings. The number of fused-ring (bicyclic) bond motifs is 1. The van der Waals surface area contributed by atoms with Gasteiger partial charge in [0.05, 0.1) is 12.6 Å². The lowest BCUT2D eigenvalue weighted by molar-refractivity contribution is -0.309. The maximum absolute atomic E-state index is 12.5. The zero-order chi connectivity index (χ0) is 18.6. The Labute approximate surface area is 146 Å². The lowest BCUT2D eigenvalue weighted by atomic mass is 9.91. The van der Waals surface area contributed by atoms with Crippen LogP contribution in [-0.4, -0.2) is 66.5 Å². The van der Waals surface area contributed by atoms with Gasteiger partial charge in [-0.3, -0.25) is 14.4 Å². The molecule has 0 bridgehead atoms. The molecule has 2 aliphatic heterocycles. The molecule has 0 saturated carbocycles. The number of ether oxygens (including phenoxy) is 1. The molecule has 2 rings (SSSR count). The normalized spacial score (nSPS) is 26.2. The van der Waals surface area contributed by atoms with Gasteiger partial charge in [-0.1, -0.05) is 13.8 Å². The number of carbonyl (C=O) groups excluding carboxylic acids is 4. The van der Waals surface area contributed by atoms with Crippen molar-refractivity contribution in [3.05, 3.63) is 0 Å². The molecule has 3 amide bonds. The Balaban J connectivity index is 1.87. The summed E-state index contributed by atoms with van der Waals surface area (Å²) in [7, 11) is 0. The number of carboxylic acid groups (broad SMARTS) is 1. The van der Waals surface area contributed by atoms with Crippen LogP contribution < -0.4 is 15.7 Å². The molecule has 2 aliphatic rings. The molecule has 2 saturated heterocycles. The highest BCUT2D eigenvalue weighted by Crippen LogP contribution is 2.24. The van der Waals surface area contributed by atoms with Crippen molar-refractivity contribution in [2.75, 3.05) is 19.8 Å². The van der Waals surface area contributed by atoms with Crippen LogP contribution in [0.2, 0.25) is 0 Å². The fourth-order valence-electron chi connectivity index (χ4n) is 3.27. The number of nitrogens with one attached hydrogen (secondary N) is 2. The zero-order valence-electron chi connectivity index (χ0n) is 14.4. The minimum Gasteiger partial charge on any atom is -0.548 e. The molecule has 0 radical (unpaired) electrons. The van der Waals surface area contributed by atoms with Crippen molar-refractivity contribution in [2.24, 2.45) is 5.92 Å². The summed E-state index contributed by atoms with van der Waals surface area (Å²) in [6.07, 6.45) is 1.47. The van der Waals surface area contributed by atoms with Crippen molar-refractivity contribution in [1.82, 2.24) is 15.5 Å². The van der Waals surface area contributed by atoms with E-state index in [-0.39, 0.29) is 24.5 Å². The Kier molecular flexibility index (Phi) is 6.35. The summed E-state index contributed by atoms with van der Waals surface area (Å²) in [4.78, 5) is 48.4. The second-order valence-electron chi connectivity index (χ2n) is 6.89. The second-order valence-corrected chi connectivity index (χ2v) is 6.89. The Morgan fingerprint density at radius 3 is 2.72 bits per heavy atom. The van der Waals surface area contributed by atoms with E-state index < -0.39 is 30.6 Å². The first-order valence-corrected chi connectivity index (χ1v) is 8.45. The highest BCUT2D eigenvalue weighted by atomic mass is 16.5. The van der Waals surface area contributed by atoms with E-state index in [4.69, 9.17) is 0 Å². The molecular weight excluding hydrogens is 330 g/mol. The van der Waals surface area contributed by atoms with Gasteiger partial charge in [0, 0.05) is 12.6 Å². The van der Waals surface area contributed by atoms with E-state index >= 15 is 0 Å². The smallest absolute Gasteiger partial charge is 0.246 e. The molecule has 25 heavy (non-hydrogen) atoms. The van der Waals surface area contributed by atoms with Gasteiger partial charge >= 0.3 is 0 Å². The second kappa shape index (κ2) is 8.28. The maximum Gasteiger partial charge on any atom is 0.246 e. The number of rotatable bonds is 7. The first-order valence-electron chi connectivity index (χ1n) is 8.45. The minimum absolute atomic E-state index is 0.0691. The van der Waals surface area contributed by atoms with Crippen molar-refractivity contribution in [1.29, 1.82) is 0 Å². The van der Waals surface area contributed by atoms with Crippen LogP contribution >= 0.6 is 0 Å². The Morgan fingerprint density at radius 2 is 2.08 bits per heavy atom. The van der Waals surface area contributed by atoms with Crippen LogP contribution in [-0.2, 0) is 23.9 Å². The molecule has 0 aliphatic carbocycles. The maximum atomic E-state index is 12.5. The molecule has 3 atom stereocenters. The summed E-state index contributed by atoms with van der Waals surface area (Å²) in [5, 5.41) is 15.7. The van der Waals surface area contributed by atoms with E-state index in [1.165, 1.54) is 0 Å². The van der Waals surface area contributed by atoms with Crippen molar-refractivity contribution in [2.45, 2.75) is 51.2 Å². The van der Waals surface area contributed by atoms with E-state index in [9.17, 15) is 24.3 Å². The topological polar surface area (TPSA) is 128 Å². The van der Waals surface area contributed by atoms with E-state index in [1.807, 2.05) is 13.8 Å². The first-order chi connectivity index (χ1) is 11.8. The summed E-state index contributed by atoms with van der Waals surface area (Å²) >= 11 is 0. The fraction of sp³-hybridized carbons (Fsp3) is 0.750. The third kappa shape index (κ3) is 5.15. The van der Waals surface area contributed by atoms with Crippen LogP contribution in [0.15, 0.2) is 0 Å². The molecule has 9 nitrogen and oxygen atoms in total. The van der Waals surface area contributed by atoms with Crippen LogP contribution in [0.25, 0.3) is 0 Å². The number of carbonyl (C=O) groups is 4. The molecule has 0 aromatic carbocycles. The quantitative estimate of drug-likeness (QED) is 0.533. The van der Waals surface area contributed by atoms with Gasteiger partial charge in [0.1, 0.15) is 18.7 Å². The Hall–Kier alpha value is -2.16. The van der Waals surface area contributed by atoms with Gasteiger partial charge in [0.2, 0.25) is 17.7 Å². The van der Waals surface area contributed by atoms with Crippen LogP contribution in [0.4, 0.5) is 0 Å². The van der Waals surface area contributed by atoms with Gasteiger partial charge in [-0.05, 0) is 25.2 Å². The third-order valence-corrected chi connectivity index (χ3v) is 4.33. The van der Waals surface area contributed by atoms with Gasteiger partial charge in [-0.15, -0.1) is 0 Å². The number of piperidine rings is 1. The number of aliphatic carboxylic acids is 1. The number of hydrogen-bond donors (Lipinski definition) is 2. The summed E-state index contributed by atoms with van der Waals surface area (Å²) in [6, 6.07) is -1.33. The number of hydrogen-bond acceptors (Lipinski definition) is 6. The largest absolute Gasteiger partial charge is 0.548 e. The van der Waals surface area contributed by atoms with Crippen LogP contribution in [0, 0.1) is 5.92 Å². The van der Waals surface area contributed by atoms with Gasteiger partial charge in [-0.2, -0.15) is 0 Å². The van der Waals surface area contributed by atoms with Crippen molar-refractivity contribution >= 4 is 23.7 Å². The molecule has 2 N–H and O–H groups in total. The van der Waals surface area contributed by atoms with Gasteiger partial charge < -0.3 is 30.2 Å². The van der Waals surface area contributed by atoms with E-state index in [2.05, 4.69) is 15.4 Å². The minimum atomic E-state index is -1.39. The van der Waals surface area contributed by atoms with Gasteiger partial charge in [-0.25, -0.2) is 0 Å². The lowest BCUT2D eigenvalue weighted by Crippen LogP contribution is -2.67. The van der Waals surface area contributed by atoms with E-state index in [0.29, 0.717) is 31.7 Å². The van der Waals surface area contributed by atoms with Gasteiger partial charge in [0.15, 0.2) is 0 Å². The van der Waals surface area contributed by atoms with Crippen LogP contribution in [0.3, 0.4) is 0 Å².